The SMILES string of the molecule is CN1CCC(C(=O)N2CCc3c(cn(C)c(=O)c3C(=O)NCc3nccn3C)C2)C1. The summed E-state index contributed by atoms with van der Waals surface area (Å²) >= 11 is 0. The van der Waals surface area contributed by atoms with Crippen LogP contribution in [0, 0.1) is 5.92 Å². The van der Waals surface area contributed by atoms with Gasteiger partial charge in [-0.15, -0.1) is 0 Å². The summed E-state index contributed by atoms with van der Waals surface area (Å²) < 4.78 is 3.26. The van der Waals surface area contributed by atoms with Gasteiger partial charge in [-0.3, -0.25) is 14.4 Å². The zero-order valence-corrected chi connectivity index (χ0v) is 17.7. The average Bonchev–Trinajstić information content (AvgIpc) is 3.34. The van der Waals surface area contributed by atoms with Crippen molar-refractivity contribution < 1.29 is 9.59 Å². The van der Waals surface area contributed by atoms with Gasteiger partial charge in [-0.2, -0.15) is 0 Å². The number of amides is 2. The van der Waals surface area contributed by atoms with Crippen LogP contribution < -0.4 is 10.9 Å². The fourth-order valence-electron chi connectivity index (χ4n) is 4.42. The Morgan fingerprint density at radius 2 is 2.00 bits per heavy atom. The second-order valence-corrected chi connectivity index (χ2v) is 8.32. The smallest absolute Gasteiger partial charge is 0.263 e. The number of nitrogens with zero attached hydrogens (tertiary/aromatic N) is 5. The molecule has 0 radical (unpaired) electrons. The Balaban J connectivity index is 1.55. The van der Waals surface area contributed by atoms with Gasteiger partial charge in [0.1, 0.15) is 11.4 Å². The van der Waals surface area contributed by atoms with Gasteiger partial charge < -0.3 is 24.3 Å². The fraction of sp³-hybridized carbons (Fsp3) is 0.524. The molecular weight excluding hydrogens is 384 g/mol. The van der Waals surface area contributed by atoms with Gasteiger partial charge in [0.05, 0.1) is 12.5 Å². The number of hydrogen-bond acceptors (Lipinski definition) is 5. The highest BCUT2D eigenvalue weighted by atomic mass is 16.2. The van der Waals surface area contributed by atoms with E-state index in [4.69, 9.17) is 0 Å². The Kier molecular flexibility index (Phi) is 5.46. The molecule has 0 aromatic carbocycles. The second kappa shape index (κ2) is 8.06. The van der Waals surface area contributed by atoms with Crippen LogP contribution in [0.5, 0.6) is 0 Å². The number of carbonyl (C=O) groups is 2. The van der Waals surface area contributed by atoms with E-state index in [1.807, 2.05) is 23.6 Å². The van der Waals surface area contributed by atoms with Crippen molar-refractivity contribution in [1.82, 2.24) is 29.2 Å². The summed E-state index contributed by atoms with van der Waals surface area (Å²) in [6.07, 6.45) is 6.61. The summed E-state index contributed by atoms with van der Waals surface area (Å²) in [5.41, 5.74) is 1.48. The molecule has 1 fully saturated rings. The number of carbonyl (C=O) groups excluding carboxylic acids is 2. The lowest BCUT2D eigenvalue weighted by Crippen LogP contribution is -2.43. The summed E-state index contributed by atoms with van der Waals surface area (Å²) in [4.78, 5) is 46.9. The minimum absolute atomic E-state index is 0.0321. The van der Waals surface area contributed by atoms with E-state index in [1.54, 1.807) is 25.6 Å². The molecule has 0 spiro atoms. The van der Waals surface area contributed by atoms with Crippen molar-refractivity contribution in [1.29, 1.82) is 0 Å². The summed E-state index contributed by atoms with van der Waals surface area (Å²) in [7, 11) is 5.53. The number of aryl methyl sites for hydroxylation is 2. The number of imidazole rings is 1. The van der Waals surface area contributed by atoms with Gasteiger partial charge in [-0.1, -0.05) is 0 Å². The van der Waals surface area contributed by atoms with Crippen LogP contribution in [0.15, 0.2) is 23.4 Å². The lowest BCUT2D eigenvalue weighted by atomic mass is 9.95. The van der Waals surface area contributed by atoms with E-state index in [1.165, 1.54) is 4.57 Å². The maximum absolute atomic E-state index is 12.9. The fourth-order valence-corrected chi connectivity index (χ4v) is 4.42. The summed E-state index contributed by atoms with van der Waals surface area (Å²) in [6.45, 7) is 2.93. The third-order valence-corrected chi connectivity index (χ3v) is 6.17. The van der Waals surface area contributed by atoms with Crippen molar-refractivity contribution in [3.8, 4) is 0 Å². The Bertz CT molecular complexity index is 1040. The van der Waals surface area contributed by atoms with Crippen LogP contribution in [0.25, 0.3) is 0 Å². The van der Waals surface area contributed by atoms with Crippen LogP contribution in [0.2, 0.25) is 0 Å². The monoisotopic (exact) mass is 412 g/mol. The number of likely N-dealkylation sites (tertiary alicyclic amines) is 1. The van der Waals surface area contributed by atoms with Crippen molar-refractivity contribution in [2.24, 2.45) is 20.0 Å². The van der Waals surface area contributed by atoms with E-state index in [9.17, 15) is 14.4 Å². The average molecular weight is 412 g/mol. The molecule has 2 aromatic heterocycles. The van der Waals surface area contributed by atoms with Gasteiger partial charge in [0.15, 0.2) is 0 Å². The van der Waals surface area contributed by atoms with Crippen molar-refractivity contribution >= 4 is 11.8 Å². The molecule has 0 saturated carbocycles. The molecule has 2 aliphatic rings. The summed E-state index contributed by atoms with van der Waals surface area (Å²) in [6, 6.07) is 0. The van der Waals surface area contributed by atoms with Crippen molar-refractivity contribution in [2.75, 3.05) is 26.7 Å². The molecule has 160 valence electrons. The van der Waals surface area contributed by atoms with Crippen LogP contribution in [0.1, 0.15) is 33.7 Å². The van der Waals surface area contributed by atoms with E-state index >= 15 is 0 Å². The number of fused-ring (bicyclic) bond motifs is 1. The molecule has 1 unspecified atom stereocenters. The number of rotatable bonds is 4. The lowest BCUT2D eigenvalue weighted by Gasteiger charge is -2.32. The molecule has 4 rings (SSSR count). The zero-order chi connectivity index (χ0) is 21.4. The third kappa shape index (κ3) is 3.77. The standard InChI is InChI=1S/C21H28N6O3/c1-24-7-4-14(11-24)20(29)27-8-5-16-15(13-27)12-26(3)21(30)18(16)19(28)23-10-17-22-6-9-25(17)2/h6,9,12,14H,4-5,7-8,10-11,13H2,1-3H3,(H,23,28). The van der Waals surface area contributed by atoms with E-state index in [2.05, 4.69) is 15.2 Å². The van der Waals surface area contributed by atoms with Crippen LogP contribution in [-0.4, -0.2) is 62.4 Å². The molecule has 9 nitrogen and oxygen atoms in total. The van der Waals surface area contributed by atoms with Gasteiger partial charge in [-0.05, 0) is 37.6 Å². The van der Waals surface area contributed by atoms with Crippen LogP contribution >= 0.6 is 0 Å². The maximum atomic E-state index is 12.9. The van der Waals surface area contributed by atoms with E-state index < -0.39 is 5.91 Å². The molecule has 2 amide bonds. The van der Waals surface area contributed by atoms with Gasteiger partial charge in [-0.25, -0.2) is 4.98 Å². The number of aromatic nitrogens is 3. The second-order valence-electron chi connectivity index (χ2n) is 8.32. The topological polar surface area (TPSA) is 92.5 Å². The minimum Gasteiger partial charge on any atom is -0.345 e. The molecule has 1 atom stereocenters. The Morgan fingerprint density at radius 3 is 2.67 bits per heavy atom. The molecule has 0 aliphatic carbocycles. The normalized spacial score (nSPS) is 19.0. The van der Waals surface area contributed by atoms with Crippen LogP contribution in [0.4, 0.5) is 0 Å². The number of hydrogen-bond donors (Lipinski definition) is 1. The molecule has 2 aliphatic heterocycles. The van der Waals surface area contributed by atoms with Crippen LogP contribution in [0.3, 0.4) is 0 Å². The van der Waals surface area contributed by atoms with E-state index in [0.29, 0.717) is 25.3 Å². The molecule has 1 saturated heterocycles. The summed E-state index contributed by atoms with van der Waals surface area (Å²) in [5, 5.41) is 2.82. The first-order valence-corrected chi connectivity index (χ1v) is 10.3. The van der Waals surface area contributed by atoms with Gasteiger partial charge in [0.25, 0.3) is 11.5 Å². The Morgan fingerprint density at radius 1 is 1.20 bits per heavy atom. The van der Waals surface area contributed by atoms with Crippen molar-refractivity contribution in [2.45, 2.75) is 25.9 Å². The third-order valence-electron chi connectivity index (χ3n) is 6.17. The highest BCUT2D eigenvalue weighted by Crippen LogP contribution is 2.24. The van der Waals surface area contributed by atoms with Gasteiger partial charge >= 0.3 is 0 Å². The molecule has 30 heavy (non-hydrogen) atoms. The molecule has 0 bridgehead atoms. The first-order valence-electron chi connectivity index (χ1n) is 10.3. The molecule has 4 heterocycles. The van der Waals surface area contributed by atoms with Crippen molar-refractivity contribution in [3.05, 3.63) is 51.5 Å². The first kappa shape index (κ1) is 20.3. The Hall–Kier alpha value is -2.94. The van der Waals surface area contributed by atoms with Crippen molar-refractivity contribution in [3.63, 3.8) is 0 Å². The maximum Gasteiger partial charge on any atom is 0.263 e. The van der Waals surface area contributed by atoms with E-state index in [-0.39, 0.29) is 29.5 Å². The predicted molar refractivity (Wildman–Crippen MR) is 111 cm³/mol. The van der Waals surface area contributed by atoms with Crippen LogP contribution in [-0.2, 0) is 38.4 Å². The highest BCUT2D eigenvalue weighted by Gasteiger charge is 2.33. The summed E-state index contributed by atoms with van der Waals surface area (Å²) in [5.74, 6) is 0.514. The first-order chi connectivity index (χ1) is 14.3. The quantitative estimate of drug-likeness (QED) is 0.756. The lowest BCUT2D eigenvalue weighted by molar-refractivity contribution is -0.136. The number of pyridine rings is 1. The largest absolute Gasteiger partial charge is 0.345 e. The minimum atomic E-state index is -0.396. The molecule has 9 heteroatoms. The Labute approximate surface area is 175 Å². The zero-order valence-electron chi connectivity index (χ0n) is 17.7. The molecular formula is C21H28N6O3. The highest BCUT2D eigenvalue weighted by molar-refractivity contribution is 5.95. The molecule has 2 aromatic rings. The van der Waals surface area contributed by atoms with E-state index in [0.717, 1.165) is 30.6 Å². The van der Waals surface area contributed by atoms with Gasteiger partial charge in [0, 0.05) is 52.3 Å². The van der Waals surface area contributed by atoms with Gasteiger partial charge in [0.2, 0.25) is 5.91 Å². The number of nitrogens with one attached hydrogen (secondary N) is 1. The predicted octanol–water partition coefficient (Wildman–Crippen LogP) is -0.115. The molecule has 1 N–H and O–H groups in total.